The van der Waals surface area contributed by atoms with Crippen LogP contribution in [0.25, 0.3) is 0 Å². The number of hydrogen-bond acceptors (Lipinski definition) is 2. The fraction of sp³-hybridized carbons (Fsp3) is 0.278. The number of rotatable bonds is 7. The second-order valence-corrected chi connectivity index (χ2v) is 5.36. The highest BCUT2D eigenvalue weighted by Gasteiger charge is 2.03. The Morgan fingerprint density at radius 1 is 1.17 bits per heavy atom. The maximum atomic E-state index is 13.1. The molecule has 2 aromatic carbocycles. The average Bonchev–Trinajstić information content (AvgIpc) is 2.53. The predicted octanol–water partition coefficient (Wildman–Crippen LogP) is 3.47. The van der Waals surface area contributed by atoms with Gasteiger partial charge in [0, 0.05) is 31.0 Å². The highest BCUT2D eigenvalue weighted by atomic mass is 19.1. The number of aliphatic imine (C=N–C) groups is 1. The monoisotopic (exact) mass is 333 g/mol. The number of benzene rings is 2. The molecular weight excluding hydrogens is 312 g/mol. The van der Waals surface area contributed by atoms with Crippen molar-refractivity contribution in [3.8, 4) is 0 Å². The number of ether oxygens (including phenoxy) is 1. The molecule has 0 radical (unpaired) electrons. The topological polar surface area (TPSA) is 59.6 Å². The van der Waals surface area contributed by atoms with Crippen LogP contribution in [0.1, 0.15) is 17.5 Å². The minimum atomic E-state index is -0.565. The van der Waals surface area contributed by atoms with E-state index in [1.807, 2.05) is 24.3 Å². The van der Waals surface area contributed by atoms with Crippen molar-refractivity contribution in [1.29, 1.82) is 0 Å². The highest BCUT2D eigenvalue weighted by molar-refractivity contribution is 5.92. The molecule has 0 aliphatic carbocycles. The number of nitrogens with zero attached hydrogens (tertiary/aromatic N) is 1. The lowest BCUT2D eigenvalue weighted by atomic mass is 10.1. The van der Waals surface area contributed by atoms with Crippen molar-refractivity contribution in [2.75, 3.05) is 19.0 Å². The van der Waals surface area contributed by atoms with Crippen LogP contribution >= 0.6 is 0 Å². The summed E-state index contributed by atoms with van der Waals surface area (Å²) in [5, 5.41) is 3.04. The predicted molar refractivity (Wildman–Crippen MR) is 91.9 cm³/mol. The molecule has 6 heteroatoms. The van der Waals surface area contributed by atoms with Gasteiger partial charge in [0.1, 0.15) is 11.6 Å². The van der Waals surface area contributed by atoms with Crippen LogP contribution in [0, 0.1) is 11.6 Å². The molecular formula is C18H21F2N3O. The van der Waals surface area contributed by atoms with Crippen molar-refractivity contribution in [2.45, 2.75) is 19.4 Å². The molecule has 0 bridgehead atoms. The number of para-hydroxylation sites is 1. The maximum absolute atomic E-state index is 13.1. The molecule has 0 aliphatic heterocycles. The van der Waals surface area contributed by atoms with Gasteiger partial charge in [-0.25, -0.2) is 8.78 Å². The van der Waals surface area contributed by atoms with Crippen LogP contribution in [0.4, 0.5) is 14.5 Å². The van der Waals surface area contributed by atoms with Gasteiger partial charge in [0.25, 0.3) is 0 Å². The van der Waals surface area contributed by atoms with Crippen LogP contribution in [0.3, 0.4) is 0 Å². The highest BCUT2D eigenvalue weighted by Crippen LogP contribution is 2.15. The Kier molecular flexibility index (Phi) is 6.69. The third-order valence-corrected chi connectivity index (χ3v) is 3.41. The summed E-state index contributed by atoms with van der Waals surface area (Å²) < 4.78 is 31.3. The van der Waals surface area contributed by atoms with Crippen molar-refractivity contribution in [3.63, 3.8) is 0 Å². The van der Waals surface area contributed by atoms with Crippen LogP contribution in [-0.4, -0.2) is 19.6 Å². The van der Waals surface area contributed by atoms with Crippen LogP contribution in [0.5, 0.6) is 0 Å². The molecule has 0 saturated heterocycles. The molecule has 0 amide bonds. The fourth-order valence-corrected chi connectivity index (χ4v) is 2.34. The molecule has 0 aliphatic rings. The minimum absolute atomic E-state index is 0.295. The second kappa shape index (κ2) is 8.98. The van der Waals surface area contributed by atoms with E-state index in [-0.39, 0.29) is 0 Å². The third kappa shape index (κ3) is 5.62. The summed E-state index contributed by atoms with van der Waals surface area (Å²) in [6.45, 7) is 0.936. The van der Waals surface area contributed by atoms with Gasteiger partial charge in [0.05, 0.1) is 6.61 Å². The van der Waals surface area contributed by atoms with E-state index in [0.717, 1.165) is 17.3 Å². The van der Waals surface area contributed by atoms with Gasteiger partial charge in [-0.15, -0.1) is 0 Å². The van der Waals surface area contributed by atoms with Crippen LogP contribution < -0.4 is 11.1 Å². The van der Waals surface area contributed by atoms with Gasteiger partial charge >= 0.3 is 0 Å². The third-order valence-electron chi connectivity index (χ3n) is 3.41. The molecule has 128 valence electrons. The number of nitrogens with two attached hydrogens (primary N) is 1. The van der Waals surface area contributed by atoms with Gasteiger partial charge in [0.2, 0.25) is 0 Å². The van der Waals surface area contributed by atoms with Crippen molar-refractivity contribution < 1.29 is 13.5 Å². The van der Waals surface area contributed by atoms with Gasteiger partial charge in [-0.1, -0.05) is 18.2 Å². The summed E-state index contributed by atoms with van der Waals surface area (Å²) in [5.74, 6) is -0.835. The Balaban J connectivity index is 1.86. The van der Waals surface area contributed by atoms with E-state index in [1.165, 1.54) is 12.1 Å². The van der Waals surface area contributed by atoms with Gasteiger partial charge in [-0.2, -0.15) is 0 Å². The maximum Gasteiger partial charge on any atom is 0.193 e. The van der Waals surface area contributed by atoms with Crippen LogP contribution in [0.2, 0.25) is 0 Å². The normalized spacial score (nSPS) is 11.5. The van der Waals surface area contributed by atoms with E-state index >= 15 is 0 Å². The Morgan fingerprint density at radius 2 is 1.88 bits per heavy atom. The second-order valence-electron chi connectivity index (χ2n) is 5.36. The average molecular weight is 333 g/mol. The number of aryl methyl sites for hydroxylation is 1. The standard InChI is InChI=1S/C18H21F2N3O/c1-24-12-14-6-2-3-7-17(14)23-18(21)22-8-4-5-13-9-15(19)11-16(20)10-13/h2-3,6-7,9-11H,4-5,8,12H2,1H3,(H3,21,22,23). The zero-order chi connectivity index (χ0) is 17.4. The van der Waals surface area contributed by atoms with E-state index in [9.17, 15) is 8.78 Å². The molecule has 0 aromatic heterocycles. The molecule has 0 saturated carbocycles. The van der Waals surface area contributed by atoms with Gasteiger partial charge in [-0.05, 0) is 36.6 Å². The van der Waals surface area contributed by atoms with E-state index in [0.29, 0.717) is 37.5 Å². The first-order valence-corrected chi connectivity index (χ1v) is 7.67. The molecule has 0 fully saturated rings. The summed E-state index contributed by atoms with van der Waals surface area (Å²) in [5.41, 5.74) is 8.31. The SMILES string of the molecule is COCc1ccccc1NC(N)=NCCCc1cc(F)cc(F)c1. The summed E-state index contributed by atoms with van der Waals surface area (Å²) >= 11 is 0. The molecule has 0 atom stereocenters. The number of hydrogen-bond donors (Lipinski definition) is 2. The Labute approximate surface area is 140 Å². The first-order chi connectivity index (χ1) is 11.6. The van der Waals surface area contributed by atoms with Crippen molar-refractivity contribution in [2.24, 2.45) is 10.7 Å². The minimum Gasteiger partial charge on any atom is -0.380 e. The lowest BCUT2D eigenvalue weighted by Gasteiger charge is -2.10. The molecule has 0 heterocycles. The molecule has 24 heavy (non-hydrogen) atoms. The number of nitrogens with one attached hydrogen (secondary N) is 1. The largest absolute Gasteiger partial charge is 0.380 e. The van der Waals surface area contributed by atoms with E-state index in [2.05, 4.69) is 10.3 Å². The first-order valence-electron chi connectivity index (χ1n) is 7.67. The zero-order valence-corrected chi connectivity index (χ0v) is 13.6. The number of guanidine groups is 1. The summed E-state index contributed by atoms with van der Waals surface area (Å²) in [7, 11) is 1.63. The lowest BCUT2D eigenvalue weighted by Crippen LogP contribution is -2.23. The fourth-order valence-electron chi connectivity index (χ4n) is 2.34. The number of halogens is 2. The van der Waals surface area contributed by atoms with E-state index in [1.54, 1.807) is 7.11 Å². The summed E-state index contributed by atoms with van der Waals surface area (Å²) in [6, 6.07) is 11.2. The summed E-state index contributed by atoms with van der Waals surface area (Å²) in [6.07, 6.45) is 1.18. The quantitative estimate of drug-likeness (QED) is 0.463. The van der Waals surface area contributed by atoms with Gasteiger partial charge in [-0.3, -0.25) is 4.99 Å². The Bertz CT molecular complexity index is 684. The molecule has 0 spiro atoms. The molecule has 4 nitrogen and oxygen atoms in total. The molecule has 2 rings (SSSR count). The van der Waals surface area contributed by atoms with Crippen molar-refractivity contribution in [1.82, 2.24) is 0 Å². The Morgan fingerprint density at radius 3 is 2.58 bits per heavy atom. The Hall–Kier alpha value is -2.47. The number of anilines is 1. The molecule has 2 aromatic rings. The van der Waals surface area contributed by atoms with E-state index in [4.69, 9.17) is 10.5 Å². The van der Waals surface area contributed by atoms with Crippen LogP contribution in [0.15, 0.2) is 47.5 Å². The van der Waals surface area contributed by atoms with Gasteiger partial charge in [0.15, 0.2) is 5.96 Å². The lowest BCUT2D eigenvalue weighted by molar-refractivity contribution is 0.185. The van der Waals surface area contributed by atoms with Crippen molar-refractivity contribution in [3.05, 3.63) is 65.2 Å². The van der Waals surface area contributed by atoms with Gasteiger partial charge < -0.3 is 15.8 Å². The summed E-state index contributed by atoms with van der Waals surface area (Å²) in [4.78, 5) is 4.24. The van der Waals surface area contributed by atoms with Crippen molar-refractivity contribution >= 4 is 11.6 Å². The number of methoxy groups -OCH3 is 1. The van der Waals surface area contributed by atoms with E-state index < -0.39 is 11.6 Å². The zero-order valence-electron chi connectivity index (χ0n) is 13.6. The molecule has 0 unspecified atom stereocenters. The first kappa shape index (κ1) is 17.9. The molecule has 3 N–H and O–H groups in total. The smallest absolute Gasteiger partial charge is 0.193 e. The van der Waals surface area contributed by atoms with Crippen LogP contribution in [-0.2, 0) is 17.8 Å².